The molecule has 0 fully saturated rings. The molecule has 1 aromatic rings. The number of carbonyl (C=O) groups is 1. The molecule has 0 aromatic heterocycles. The van der Waals surface area contributed by atoms with Gasteiger partial charge in [0.05, 0.1) is 5.56 Å². The molecule has 1 aromatic carbocycles. The predicted molar refractivity (Wildman–Crippen MR) is 66.5 cm³/mol. The van der Waals surface area contributed by atoms with E-state index in [-0.39, 0.29) is 5.97 Å². The maximum Gasteiger partial charge on any atom is 0.673 e. The number of carbonyl (C=O) groups excluding carboxylic acids is 1. The van der Waals surface area contributed by atoms with Crippen molar-refractivity contribution in [2.75, 3.05) is 0 Å². The Bertz CT molecular complexity index is 483. The largest absolute Gasteiger partial charge is 0.673 e. The van der Waals surface area contributed by atoms with Gasteiger partial charge in [-0.25, -0.2) is 4.79 Å². The maximum atomic E-state index is 11.5. The summed E-state index contributed by atoms with van der Waals surface area (Å²) < 4.78 is 44.2. The van der Waals surface area contributed by atoms with Gasteiger partial charge in [0.1, 0.15) is 5.60 Å². The second-order valence-electron chi connectivity index (χ2n) is 4.64. The quantitative estimate of drug-likeness (QED) is 0.333. The zero-order chi connectivity index (χ0) is 16.0. The van der Waals surface area contributed by atoms with Crippen molar-refractivity contribution in [1.82, 2.24) is 0 Å². The van der Waals surface area contributed by atoms with Crippen LogP contribution in [0.1, 0.15) is 31.1 Å². The Balaban J connectivity index is 0.000000621. The van der Waals surface area contributed by atoms with Crippen LogP contribution in [0.2, 0.25) is 0 Å². The summed E-state index contributed by atoms with van der Waals surface area (Å²) in [4.78, 5) is 14.5. The average Bonchev–Trinajstić information content (AvgIpc) is 2.24. The van der Waals surface area contributed by atoms with Gasteiger partial charge in [-0.05, 0) is 32.9 Å². The van der Waals surface area contributed by atoms with Gasteiger partial charge in [0.2, 0.25) is 5.39 Å². The fourth-order valence-electron chi connectivity index (χ4n) is 1.00. The van der Waals surface area contributed by atoms with Crippen LogP contribution in [0.3, 0.4) is 0 Å². The smallest absolute Gasteiger partial charge is 0.456 e. The summed E-state index contributed by atoms with van der Waals surface area (Å²) in [5.74, 6) is -0.382. The minimum atomic E-state index is -6.00. The molecule has 0 saturated carbocycles. The summed E-state index contributed by atoms with van der Waals surface area (Å²) in [6, 6.07) is 6.20. The Morgan fingerprint density at radius 3 is 1.85 bits per heavy atom. The fourth-order valence-corrected chi connectivity index (χ4v) is 1.00. The first-order valence-electron chi connectivity index (χ1n) is 5.48. The Hall–Kier alpha value is -2.11. The highest BCUT2D eigenvalue weighted by molar-refractivity contribution is 6.50. The monoisotopic (exact) mass is 292 g/mol. The number of benzene rings is 1. The first-order valence-corrected chi connectivity index (χ1v) is 5.48. The average molecular weight is 292 g/mol. The highest BCUT2D eigenvalue weighted by Crippen LogP contribution is 2.16. The normalized spacial score (nSPS) is 10.9. The Morgan fingerprint density at radius 1 is 1.15 bits per heavy atom. The van der Waals surface area contributed by atoms with Gasteiger partial charge in [0.15, 0.2) is 4.98 Å². The van der Waals surface area contributed by atoms with Gasteiger partial charge in [-0.3, -0.25) is 0 Å². The van der Waals surface area contributed by atoms with Crippen molar-refractivity contribution in [2.24, 2.45) is 0 Å². The summed E-state index contributed by atoms with van der Waals surface area (Å²) in [5.41, 5.74) is 0.344. The molecule has 0 atom stereocenters. The second kappa shape index (κ2) is 6.89. The maximum absolute atomic E-state index is 11.5. The van der Waals surface area contributed by atoms with Gasteiger partial charge >= 0.3 is 18.9 Å². The van der Waals surface area contributed by atoms with Crippen LogP contribution in [-0.4, -0.2) is 18.8 Å². The Morgan fingerprint density at radius 2 is 1.55 bits per heavy atom. The van der Waals surface area contributed by atoms with Gasteiger partial charge in [-0.2, -0.15) is 0 Å². The number of esters is 1. The van der Waals surface area contributed by atoms with Gasteiger partial charge in [0.25, 0.3) is 0 Å². The van der Waals surface area contributed by atoms with Crippen LogP contribution in [0.4, 0.5) is 23.0 Å². The SMILES string of the molecule is CC(C)(C)OC(=O)c1ccc([N+]#N)cc1.F[B-](F)(F)F. The Kier molecular flexibility index (Phi) is 6.16. The molecule has 4 nitrogen and oxygen atoms in total. The number of diazo groups is 1. The fraction of sp³-hybridized carbons (Fsp3) is 0.364. The van der Waals surface area contributed by atoms with Crippen LogP contribution in [-0.2, 0) is 4.74 Å². The minimum absolute atomic E-state index is 0.382. The highest BCUT2D eigenvalue weighted by Gasteiger charge is 2.20. The van der Waals surface area contributed by atoms with E-state index in [2.05, 4.69) is 4.98 Å². The summed E-state index contributed by atoms with van der Waals surface area (Å²) in [5, 5.41) is 8.46. The zero-order valence-corrected chi connectivity index (χ0v) is 11.1. The van der Waals surface area contributed by atoms with E-state index in [0.29, 0.717) is 11.3 Å². The lowest BCUT2D eigenvalue weighted by molar-refractivity contribution is 0.00695. The molecule has 0 amide bonds. The summed E-state index contributed by atoms with van der Waals surface area (Å²) in [7, 11) is -6.00. The number of hydrogen-bond acceptors (Lipinski definition) is 3. The molecule has 9 heteroatoms. The van der Waals surface area contributed by atoms with Crippen molar-refractivity contribution in [3.05, 3.63) is 34.8 Å². The highest BCUT2D eigenvalue weighted by atomic mass is 19.5. The van der Waals surface area contributed by atoms with Crippen molar-refractivity contribution in [3.63, 3.8) is 0 Å². The van der Waals surface area contributed by atoms with E-state index in [1.54, 1.807) is 24.3 Å². The Labute approximate surface area is 113 Å². The minimum Gasteiger partial charge on any atom is -0.456 e. The first-order chi connectivity index (χ1) is 8.92. The molecule has 0 aliphatic carbocycles. The summed E-state index contributed by atoms with van der Waals surface area (Å²) in [6.45, 7) is 5.42. The van der Waals surface area contributed by atoms with Crippen LogP contribution in [0.25, 0.3) is 4.98 Å². The number of nitrogens with zero attached hydrogens (tertiary/aromatic N) is 2. The molecule has 20 heavy (non-hydrogen) atoms. The molecule has 0 N–H and O–H groups in total. The molecule has 0 spiro atoms. The van der Waals surface area contributed by atoms with E-state index in [0.717, 1.165) is 0 Å². The lowest BCUT2D eigenvalue weighted by atomic mass is 10.1. The molecule has 0 radical (unpaired) electrons. The molecular formula is C11H13BF4N2O2. The lowest BCUT2D eigenvalue weighted by Crippen LogP contribution is -2.23. The molecule has 0 heterocycles. The van der Waals surface area contributed by atoms with Crippen molar-refractivity contribution in [3.8, 4) is 0 Å². The van der Waals surface area contributed by atoms with E-state index in [1.165, 1.54) is 0 Å². The van der Waals surface area contributed by atoms with Crippen molar-refractivity contribution in [2.45, 2.75) is 26.4 Å². The molecular weight excluding hydrogens is 279 g/mol. The third kappa shape index (κ3) is 9.88. The van der Waals surface area contributed by atoms with E-state index in [4.69, 9.17) is 10.1 Å². The van der Waals surface area contributed by atoms with Crippen molar-refractivity contribution < 1.29 is 26.8 Å². The first kappa shape index (κ1) is 17.9. The van der Waals surface area contributed by atoms with Gasteiger partial charge < -0.3 is 22.0 Å². The van der Waals surface area contributed by atoms with Crippen LogP contribution in [0.5, 0.6) is 0 Å². The van der Waals surface area contributed by atoms with E-state index in [1.807, 2.05) is 20.8 Å². The van der Waals surface area contributed by atoms with Crippen LogP contribution < -0.4 is 0 Å². The van der Waals surface area contributed by atoms with Crippen molar-refractivity contribution in [1.29, 1.82) is 5.39 Å². The molecule has 0 aliphatic rings. The second-order valence-corrected chi connectivity index (χ2v) is 4.64. The number of halogens is 4. The third-order valence-electron chi connectivity index (χ3n) is 1.62. The molecule has 110 valence electrons. The molecule has 0 bridgehead atoms. The lowest BCUT2D eigenvalue weighted by Gasteiger charge is -2.19. The van der Waals surface area contributed by atoms with E-state index < -0.39 is 12.9 Å². The molecule has 1 rings (SSSR count). The van der Waals surface area contributed by atoms with Crippen LogP contribution >= 0.6 is 0 Å². The van der Waals surface area contributed by atoms with Crippen LogP contribution in [0, 0.1) is 5.39 Å². The zero-order valence-electron chi connectivity index (χ0n) is 11.1. The van der Waals surface area contributed by atoms with Gasteiger partial charge in [-0.15, -0.1) is 0 Å². The van der Waals surface area contributed by atoms with Crippen LogP contribution in [0.15, 0.2) is 24.3 Å². The number of rotatable bonds is 1. The van der Waals surface area contributed by atoms with Crippen molar-refractivity contribution >= 4 is 18.9 Å². The molecule has 0 saturated heterocycles. The predicted octanol–water partition coefficient (Wildman–Crippen LogP) is 4.43. The number of hydrogen-bond donors (Lipinski definition) is 0. The third-order valence-corrected chi connectivity index (χ3v) is 1.62. The standard InChI is InChI=1S/C11H13N2O2.BF4/c1-11(2,3)15-10(14)8-4-6-9(13-12)7-5-8;2-1(3,4)5/h4-7H,1-3H3;/q+1;-1. The molecule has 0 aliphatic heterocycles. The molecule has 0 unspecified atom stereocenters. The van der Waals surface area contributed by atoms with E-state index >= 15 is 0 Å². The summed E-state index contributed by atoms with van der Waals surface area (Å²) in [6.07, 6.45) is 0. The summed E-state index contributed by atoms with van der Waals surface area (Å²) >= 11 is 0. The van der Waals surface area contributed by atoms with Gasteiger partial charge in [0, 0.05) is 12.1 Å². The van der Waals surface area contributed by atoms with Gasteiger partial charge in [-0.1, -0.05) is 0 Å². The number of ether oxygens (including phenoxy) is 1. The topological polar surface area (TPSA) is 54.5 Å². The van der Waals surface area contributed by atoms with E-state index in [9.17, 15) is 22.1 Å².